The van der Waals surface area contributed by atoms with Gasteiger partial charge in [0.25, 0.3) is 0 Å². The number of hydrogen-bond donors (Lipinski definition) is 2. The van der Waals surface area contributed by atoms with Crippen molar-refractivity contribution in [3.8, 4) is 5.75 Å². The lowest BCUT2D eigenvalue weighted by Crippen LogP contribution is -2.42. The molecule has 2 heterocycles. The number of para-hydroxylation sites is 1. The second-order valence-corrected chi connectivity index (χ2v) is 8.67. The zero-order valence-corrected chi connectivity index (χ0v) is 22.1. The molecular weight excluding hydrogens is 531 g/mol. The van der Waals surface area contributed by atoms with Crippen molar-refractivity contribution in [2.75, 3.05) is 19.8 Å². The Labute approximate surface area is 214 Å². The molecule has 1 atom stereocenters. The van der Waals surface area contributed by atoms with Crippen LogP contribution in [0, 0.1) is 6.92 Å². The lowest BCUT2D eigenvalue weighted by molar-refractivity contribution is 0.0467. The van der Waals surface area contributed by atoms with E-state index in [0.29, 0.717) is 32.4 Å². The number of hydrogen-bond acceptors (Lipinski definition) is 5. The summed E-state index contributed by atoms with van der Waals surface area (Å²) in [6.07, 6.45) is 8.91. The molecule has 9 heteroatoms. The van der Waals surface area contributed by atoms with Crippen molar-refractivity contribution in [2.45, 2.75) is 70.6 Å². The minimum absolute atomic E-state index is 0. The fraction of sp³-hybridized carbons (Fsp3) is 0.625. The Morgan fingerprint density at radius 2 is 1.94 bits per heavy atom. The highest BCUT2D eigenvalue weighted by Crippen LogP contribution is 2.31. The highest BCUT2D eigenvalue weighted by Gasteiger charge is 2.22. The van der Waals surface area contributed by atoms with Crippen molar-refractivity contribution in [1.29, 1.82) is 0 Å². The molecule has 4 rings (SSSR count). The standard InChI is InChI=1S/C24H36N6O2.HI/c1-18-28-29-23(30(18)2)17-26-24(25-14-16-31-19-9-5-3-4-6-10-19)27-21-13-15-32-22-12-8-7-11-20(21)22;/h7-8,11-12,19,21H,3-6,9-10,13-17H2,1-2H3,(H2,25,26,27);1H. The van der Waals surface area contributed by atoms with Crippen LogP contribution in [-0.4, -0.2) is 46.6 Å². The molecule has 1 aliphatic heterocycles. The van der Waals surface area contributed by atoms with Gasteiger partial charge in [0.05, 0.1) is 25.4 Å². The average molecular weight is 569 g/mol. The Morgan fingerprint density at radius 3 is 2.70 bits per heavy atom. The first kappa shape index (κ1) is 25.7. The Morgan fingerprint density at radius 1 is 1.15 bits per heavy atom. The number of nitrogens with zero attached hydrogens (tertiary/aromatic N) is 4. The van der Waals surface area contributed by atoms with E-state index in [-0.39, 0.29) is 30.0 Å². The van der Waals surface area contributed by atoms with Gasteiger partial charge in [-0.1, -0.05) is 43.9 Å². The third-order valence-corrected chi connectivity index (χ3v) is 6.38. The summed E-state index contributed by atoms with van der Waals surface area (Å²) in [5, 5.41) is 15.5. The monoisotopic (exact) mass is 568 g/mol. The third-order valence-electron chi connectivity index (χ3n) is 6.38. The average Bonchev–Trinajstić information content (AvgIpc) is 2.99. The van der Waals surface area contributed by atoms with E-state index in [2.05, 4.69) is 33.0 Å². The van der Waals surface area contributed by atoms with E-state index in [9.17, 15) is 0 Å². The van der Waals surface area contributed by atoms with Gasteiger partial charge in [-0.05, 0) is 25.8 Å². The Hall–Kier alpha value is -1.88. The number of halogens is 1. The lowest BCUT2D eigenvalue weighted by atomic mass is 10.0. The van der Waals surface area contributed by atoms with E-state index in [1.54, 1.807) is 0 Å². The quantitative estimate of drug-likeness (QED) is 0.173. The summed E-state index contributed by atoms with van der Waals surface area (Å²) in [5.41, 5.74) is 1.16. The van der Waals surface area contributed by atoms with Gasteiger partial charge in [0.1, 0.15) is 18.1 Å². The van der Waals surface area contributed by atoms with Gasteiger partial charge < -0.3 is 24.7 Å². The first-order valence-electron chi connectivity index (χ1n) is 11.9. The number of nitrogens with one attached hydrogen (secondary N) is 2. The van der Waals surface area contributed by atoms with E-state index in [0.717, 1.165) is 35.3 Å². The summed E-state index contributed by atoms with van der Waals surface area (Å²) in [5.74, 6) is 3.42. The molecule has 1 fully saturated rings. The van der Waals surface area contributed by atoms with Gasteiger partial charge in [-0.25, -0.2) is 4.99 Å². The van der Waals surface area contributed by atoms with Crippen molar-refractivity contribution in [2.24, 2.45) is 12.0 Å². The summed E-state index contributed by atoms with van der Waals surface area (Å²) in [4.78, 5) is 4.81. The van der Waals surface area contributed by atoms with Crippen LogP contribution in [0.1, 0.15) is 68.2 Å². The van der Waals surface area contributed by atoms with E-state index >= 15 is 0 Å². The normalized spacial score (nSPS) is 19.1. The van der Waals surface area contributed by atoms with E-state index in [4.69, 9.17) is 14.5 Å². The van der Waals surface area contributed by atoms with Crippen LogP contribution >= 0.6 is 24.0 Å². The molecule has 182 valence electrons. The summed E-state index contributed by atoms with van der Waals surface area (Å²) in [6, 6.07) is 8.35. The van der Waals surface area contributed by atoms with Crippen molar-refractivity contribution >= 4 is 29.9 Å². The maximum absolute atomic E-state index is 6.15. The van der Waals surface area contributed by atoms with Gasteiger partial charge in [-0.2, -0.15) is 0 Å². The molecule has 2 aromatic rings. The van der Waals surface area contributed by atoms with Crippen molar-refractivity contribution in [3.05, 3.63) is 41.5 Å². The summed E-state index contributed by atoms with van der Waals surface area (Å²) in [7, 11) is 1.97. The van der Waals surface area contributed by atoms with Crippen molar-refractivity contribution < 1.29 is 9.47 Å². The minimum Gasteiger partial charge on any atom is -0.493 e. The molecule has 1 saturated carbocycles. The van der Waals surface area contributed by atoms with Crippen LogP contribution in [0.2, 0.25) is 0 Å². The van der Waals surface area contributed by atoms with Gasteiger partial charge in [-0.3, -0.25) is 0 Å². The Balaban J connectivity index is 0.00000306. The van der Waals surface area contributed by atoms with Gasteiger partial charge in [0.15, 0.2) is 11.8 Å². The maximum atomic E-state index is 6.15. The van der Waals surface area contributed by atoms with Crippen molar-refractivity contribution in [3.63, 3.8) is 0 Å². The molecule has 0 amide bonds. The number of guanidine groups is 1. The molecule has 2 aliphatic rings. The van der Waals surface area contributed by atoms with Gasteiger partial charge >= 0.3 is 0 Å². The number of ether oxygens (including phenoxy) is 2. The van der Waals surface area contributed by atoms with Crippen LogP contribution in [-0.2, 0) is 18.3 Å². The molecule has 2 N–H and O–H groups in total. The summed E-state index contributed by atoms with van der Waals surface area (Å²) >= 11 is 0. The fourth-order valence-corrected chi connectivity index (χ4v) is 4.35. The van der Waals surface area contributed by atoms with Crippen LogP contribution in [0.3, 0.4) is 0 Å². The second-order valence-electron chi connectivity index (χ2n) is 8.67. The lowest BCUT2D eigenvalue weighted by Gasteiger charge is -2.28. The van der Waals surface area contributed by atoms with Crippen LogP contribution in [0.4, 0.5) is 0 Å². The van der Waals surface area contributed by atoms with Crippen LogP contribution < -0.4 is 15.4 Å². The number of benzene rings is 1. The SMILES string of the molecule is Cc1nnc(CN=C(NCCOC2CCCCCC2)NC2CCOc3ccccc32)n1C.I. The molecule has 0 saturated heterocycles. The molecule has 0 bridgehead atoms. The maximum Gasteiger partial charge on any atom is 0.192 e. The molecule has 0 radical (unpaired) electrons. The zero-order valence-electron chi connectivity index (χ0n) is 19.8. The van der Waals surface area contributed by atoms with Crippen LogP contribution in [0.5, 0.6) is 5.75 Å². The molecule has 8 nitrogen and oxygen atoms in total. The molecule has 1 aliphatic carbocycles. The summed E-state index contributed by atoms with van der Waals surface area (Å²) < 4.78 is 13.9. The summed E-state index contributed by atoms with van der Waals surface area (Å²) in [6.45, 7) is 4.49. The van der Waals surface area contributed by atoms with Gasteiger partial charge in [0.2, 0.25) is 0 Å². The fourth-order valence-electron chi connectivity index (χ4n) is 4.35. The molecule has 1 aromatic heterocycles. The smallest absolute Gasteiger partial charge is 0.192 e. The molecule has 33 heavy (non-hydrogen) atoms. The molecule has 0 spiro atoms. The zero-order chi connectivity index (χ0) is 22.2. The molecule has 1 aromatic carbocycles. The van der Waals surface area contributed by atoms with Crippen molar-refractivity contribution in [1.82, 2.24) is 25.4 Å². The highest BCUT2D eigenvalue weighted by molar-refractivity contribution is 14.0. The number of fused-ring (bicyclic) bond motifs is 1. The predicted molar refractivity (Wildman–Crippen MR) is 140 cm³/mol. The predicted octanol–water partition coefficient (Wildman–Crippen LogP) is 4.04. The topological polar surface area (TPSA) is 85.6 Å². The second kappa shape index (κ2) is 13.1. The Kier molecular flexibility index (Phi) is 10.2. The third kappa shape index (κ3) is 7.30. The Bertz CT molecular complexity index is 895. The van der Waals surface area contributed by atoms with Gasteiger partial charge in [-0.15, -0.1) is 34.2 Å². The molecule has 1 unspecified atom stereocenters. The first-order chi connectivity index (χ1) is 15.7. The van der Waals surface area contributed by atoms with Crippen LogP contribution in [0.15, 0.2) is 29.3 Å². The van der Waals surface area contributed by atoms with E-state index in [1.807, 2.05) is 30.7 Å². The van der Waals surface area contributed by atoms with Gasteiger partial charge in [0, 0.05) is 25.6 Å². The van der Waals surface area contributed by atoms with E-state index < -0.39 is 0 Å². The number of aromatic nitrogens is 3. The first-order valence-corrected chi connectivity index (χ1v) is 11.9. The van der Waals surface area contributed by atoms with Crippen LogP contribution in [0.25, 0.3) is 0 Å². The largest absolute Gasteiger partial charge is 0.493 e. The highest BCUT2D eigenvalue weighted by atomic mass is 127. The minimum atomic E-state index is 0. The van der Waals surface area contributed by atoms with E-state index in [1.165, 1.54) is 38.5 Å². The number of aliphatic imine (C=N–C) groups is 1. The number of aryl methyl sites for hydroxylation is 1. The number of rotatable bonds is 7. The molecular formula is C24H37IN6O2.